The average molecular weight is 246 g/mol. The molecule has 0 spiro atoms. The van der Waals surface area contributed by atoms with Gasteiger partial charge in [-0.3, -0.25) is 0 Å². The Kier molecular flexibility index (Phi) is 6.54. The van der Waals surface area contributed by atoms with Crippen LogP contribution in [0, 0.1) is 0 Å². The molecule has 1 nitrogen and oxygen atoms in total. The minimum Gasteiger partial charge on any atom is -0.363 e. The van der Waals surface area contributed by atoms with Crippen molar-refractivity contribution in [3.63, 3.8) is 0 Å². The maximum absolute atomic E-state index is 4.81. The molecule has 0 radical (unpaired) electrons. The van der Waals surface area contributed by atoms with E-state index in [-0.39, 0.29) is 8.15 Å². The first-order chi connectivity index (χ1) is 8.24. The van der Waals surface area contributed by atoms with E-state index >= 15 is 0 Å². The van der Waals surface area contributed by atoms with Crippen molar-refractivity contribution in [2.45, 2.75) is 0 Å². The van der Waals surface area contributed by atoms with E-state index in [0.29, 0.717) is 0 Å². The summed E-state index contributed by atoms with van der Waals surface area (Å²) in [5.41, 5.74) is 2.55. The SMILES string of the molecule is COP(C)C.c1ccc(-c2ccccc2)cc1. The zero-order valence-corrected chi connectivity index (χ0v) is 11.5. The molecule has 0 saturated carbocycles. The number of rotatable bonds is 2. The van der Waals surface area contributed by atoms with Gasteiger partial charge < -0.3 is 4.52 Å². The van der Waals surface area contributed by atoms with Crippen molar-refractivity contribution in [1.29, 1.82) is 0 Å². The van der Waals surface area contributed by atoms with Gasteiger partial charge in [-0.25, -0.2) is 0 Å². The van der Waals surface area contributed by atoms with Crippen molar-refractivity contribution in [3.05, 3.63) is 60.7 Å². The molecule has 0 atom stereocenters. The lowest BCUT2D eigenvalue weighted by Gasteiger charge is -1.98. The zero-order chi connectivity index (χ0) is 12.5. The van der Waals surface area contributed by atoms with Crippen LogP contribution in [-0.4, -0.2) is 20.4 Å². The van der Waals surface area contributed by atoms with Crippen LogP contribution in [0.3, 0.4) is 0 Å². The molecule has 2 aromatic carbocycles. The first kappa shape index (κ1) is 13.9. The van der Waals surface area contributed by atoms with E-state index in [2.05, 4.69) is 61.9 Å². The molecular formula is C15H19OP. The second-order valence-electron chi connectivity index (χ2n) is 3.73. The summed E-state index contributed by atoms with van der Waals surface area (Å²) in [5, 5.41) is 0. The molecule has 90 valence electrons. The molecule has 0 saturated heterocycles. The van der Waals surface area contributed by atoms with Crippen molar-refractivity contribution < 1.29 is 4.52 Å². The summed E-state index contributed by atoms with van der Waals surface area (Å²) in [6.45, 7) is 4.13. The maximum Gasteiger partial charge on any atom is 0.0397 e. The van der Waals surface area contributed by atoms with Gasteiger partial charge in [-0.2, -0.15) is 0 Å². The molecule has 0 aromatic heterocycles. The predicted molar refractivity (Wildman–Crippen MR) is 77.7 cm³/mol. The molecule has 2 heteroatoms. The van der Waals surface area contributed by atoms with Crippen LogP contribution < -0.4 is 0 Å². The van der Waals surface area contributed by atoms with Gasteiger partial charge in [-0.1, -0.05) is 60.7 Å². The standard InChI is InChI=1S/C12H10.C3H9OP/c1-3-7-11(8-4-1)12-9-5-2-6-10-12;1-4-5(2)3/h1-10H;1-3H3. The van der Waals surface area contributed by atoms with Gasteiger partial charge in [0, 0.05) is 15.3 Å². The van der Waals surface area contributed by atoms with Gasteiger partial charge in [0.15, 0.2) is 0 Å². The summed E-state index contributed by atoms with van der Waals surface area (Å²) < 4.78 is 4.81. The first-order valence-corrected chi connectivity index (χ1v) is 7.71. The Morgan fingerprint density at radius 1 is 0.706 bits per heavy atom. The van der Waals surface area contributed by atoms with E-state index in [0.717, 1.165) is 0 Å². The molecule has 2 rings (SSSR count). The number of benzene rings is 2. The largest absolute Gasteiger partial charge is 0.363 e. The quantitative estimate of drug-likeness (QED) is 0.701. The normalized spacial score (nSPS) is 9.65. The van der Waals surface area contributed by atoms with E-state index in [9.17, 15) is 0 Å². The fourth-order valence-electron chi connectivity index (χ4n) is 1.26. The van der Waals surface area contributed by atoms with Crippen LogP contribution in [0.4, 0.5) is 0 Å². The van der Waals surface area contributed by atoms with Gasteiger partial charge in [0.1, 0.15) is 0 Å². The molecule has 0 heterocycles. The Labute approximate surface area is 105 Å². The minimum absolute atomic E-state index is 0.0983. The fourth-order valence-corrected chi connectivity index (χ4v) is 1.26. The van der Waals surface area contributed by atoms with E-state index < -0.39 is 0 Å². The Balaban J connectivity index is 0.000000249. The summed E-state index contributed by atoms with van der Waals surface area (Å²) in [7, 11) is 1.63. The molecule has 0 bridgehead atoms. The maximum atomic E-state index is 4.81. The number of hydrogen-bond acceptors (Lipinski definition) is 1. The van der Waals surface area contributed by atoms with E-state index in [4.69, 9.17) is 4.52 Å². The van der Waals surface area contributed by atoms with Crippen LogP contribution in [0.2, 0.25) is 0 Å². The Morgan fingerprint density at radius 3 is 1.24 bits per heavy atom. The summed E-state index contributed by atoms with van der Waals surface area (Å²) in [6.07, 6.45) is 0. The predicted octanol–water partition coefficient (Wildman–Crippen LogP) is 4.64. The van der Waals surface area contributed by atoms with Gasteiger partial charge in [0.2, 0.25) is 0 Å². The number of hydrogen-bond donors (Lipinski definition) is 0. The lowest BCUT2D eigenvalue weighted by Crippen LogP contribution is -1.73. The third-order valence-electron chi connectivity index (χ3n) is 2.25. The summed E-state index contributed by atoms with van der Waals surface area (Å²) >= 11 is 0. The minimum atomic E-state index is -0.0983. The highest BCUT2D eigenvalue weighted by Crippen LogP contribution is 2.22. The van der Waals surface area contributed by atoms with Crippen molar-refractivity contribution in [2.75, 3.05) is 20.4 Å². The lowest BCUT2D eigenvalue weighted by atomic mass is 10.1. The van der Waals surface area contributed by atoms with Crippen LogP contribution in [0.15, 0.2) is 60.7 Å². The fraction of sp³-hybridized carbons (Fsp3) is 0.200. The molecule has 17 heavy (non-hydrogen) atoms. The summed E-state index contributed by atoms with van der Waals surface area (Å²) in [4.78, 5) is 0. The molecule has 0 N–H and O–H groups in total. The van der Waals surface area contributed by atoms with Crippen molar-refractivity contribution >= 4 is 8.15 Å². The molecule has 2 aromatic rings. The van der Waals surface area contributed by atoms with E-state index in [1.54, 1.807) is 7.11 Å². The molecule has 0 aliphatic heterocycles. The summed E-state index contributed by atoms with van der Waals surface area (Å²) in [5.74, 6) is 0. The average Bonchev–Trinajstić information content (AvgIpc) is 2.41. The highest BCUT2D eigenvalue weighted by Gasteiger charge is 1.91. The highest BCUT2D eigenvalue weighted by molar-refractivity contribution is 7.50. The van der Waals surface area contributed by atoms with E-state index in [1.807, 2.05) is 12.1 Å². The molecule has 0 fully saturated rings. The third-order valence-corrected chi connectivity index (χ3v) is 2.98. The summed E-state index contributed by atoms with van der Waals surface area (Å²) in [6, 6.07) is 20.8. The molecule has 0 aliphatic rings. The first-order valence-electron chi connectivity index (χ1n) is 5.56. The van der Waals surface area contributed by atoms with Crippen molar-refractivity contribution in [3.8, 4) is 11.1 Å². The van der Waals surface area contributed by atoms with Crippen molar-refractivity contribution in [1.82, 2.24) is 0 Å². The monoisotopic (exact) mass is 246 g/mol. The van der Waals surface area contributed by atoms with Gasteiger partial charge in [0.25, 0.3) is 0 Å². The van der Waals surface area contributed by atoms with Gasteiger partial charge in [-0.05, 0) is 24.5 Å². The Hall–Kier alpha value is -1.17. The molecule has 0 amide bonds. The van der Waals surface area contributed by atoms with Gasteiger partial charge in [0.05, 0.1) is 0 Å². The van der Waals surface area contributed by atoms with Crippen LogP contribution >= 0.6 is 8.15 Å². The van der Waals surface area contributed by atoms with Crippen LogP contribution in [0.1, 0.15) is 0 Å². The highest BCUT2D eigenvalue weighted by atomic mass is 31.1. The third kappa shape index (κ3) is 5.63. The van der Waals surface area contributed by atoms with Crippen molar-refractivity contribution in [2.24, 2.45) is 0 Å². The van der Waals surface area contributed by atoms with Crippen LogP contribution in [0.5, 0.6) is 0 Å². The topological polar surface area (TPSA) is 9.23 Å². The molecule has 0 aliphatic carbocycles. The Morgan fingerprint density at radius 2 is 1.00 bits per heavy atom. The zero-order valence-electron chi connectivity index (χ0n) is 10.6. The lowest BCUT2D eigenvalue weighted by molar-refractivity contribution is 0.468. The second kappa shape index (κ2) is 8.00. The van der Waals surface area contributed by atoms with Gasteiger partial charge >= 0.3 is 0 Å². The second-order valence-corrected chi connectivity index (χ2v) is 5.72. The van der Waals surface area contributed by atoms with Gasteiger partial charge in [-0.15, -0.1) is 0 Å². The van der Waals surface area contributed by atoms with E-state index in [1.165, 1.54) is 11.1 Å². The Bertz CT molecular complexity index is 360. The smallest absolute Gasteiger partial charge is 0.0397 e. The van der Waals surface area contributed by atoms with Crippen LogP contribution in [-0.2, 0) is 4.52 Å². The molecule has 0 unspecified atom stereocenters. The van der Waals surface area contributed by atoms with Crippen LogP contribution in [0.25, 0.3) is 11.1 Å². The molecular weight excluding hydrogens is 227 g/mol.